The van der Waals surface area contributed by atoms with Crippen LogP contribution in [-0.4, -0.2) is 15.2 Å². The molecule has 17 heavy (non-hydrogen) atoms. The van der Waals surface area contributed by atoms with E-state index < -0.39 is 0 Å². The van der Waals surface area contributed by atoms with Gasteiger partial charge in [0.15, 0.2) is 5.15 Å². The lowest BCUT2D eigenvalue weighted by atomic mass is 10.1. The molecule has 0 fully saturated rings. The molecule has 3 nitrogen and oxygen atoms in total. The highest BCUT2D eigenvalue weighted by molar-refractivity contribution is 6.34. The number of halogens is 1. The molecule has 0 aliphatic heterocycles. The topological polar surface area (TPSA) is 38.7 Å². The third-order valence-electron chi connectivity index (χ3n) is 2.58. The van der Waals surface area contributed by atoms with E-state index in [4.69, 9.17) is 11.6 Å². The van der Waals surface area contributed by atoms with Gasteiger partial charge in [0.1, 0.15) is 5.69 Å². The summed E-state index contributed by atoms with van der Waals surface area (Å²) in [6.45, 7) is 0. The fourth-order valence-electron chi connectivity index (χ4n) is 1.77. The van der Waals surface area contributed by atoms with Gasteiger partial charge in [-0.15, -0.1) is 10.2 Å². The van der Waals surface area contributed by atoms with Gasteiger partial charge >= 0.3 is 0 Å². The summed E-state index contributed by atoms with van der Waals surface area (Å²) in [6, 6.07) is 11.7. The van der Waals surface area contributed by atoms with Gasteiger partial charge in [-0.1, -0.05) is 41.9 Å². The molecule has 82 valence electrons. The molecule has 0 bridgehead atoms. The molecular weight excluding hydrogens is 234 g/mol. The molecule has 0 radical (unpaired) electrons. The van der Waals surface area contributed by atoms with Crippen LogP contribution >= 0.6 is 11.6 Å². The van der Waals surface area contributed by atoms with Crippen molar-refractivity contribution in [1.29, 1.82) is 0 Å². The summed E-state index contributed by atoms with van der Waals surface area (Å²) < 4.78 is 0. The lowest BCUT2D eigenvalue weighted by molar-refractivity contribution is 1.05. The van der Waals surface area contributed by atoms with Crippen LogP contribution in [0.4, 0.5) is 0 Å². The molecule has 0 saturated heterocycles. The maximum absolute atomic E-state index is 6.02. The Morgan fingerprint density at radius 3 is 2.53 bits per heavy atom. The first-order valence-corrected chi connectivity index (χ1v) is 5.55. The quantitative estimate of drug-likeness (QED) is 0.656. The Balaban J connectivity index is 2.35. The van der Waals surface area contributed by atoms with Crippen LogP contribution in [0.15, 0.2) is 48.8 Å². The maximum Gasteiger partial charge on any atom is 0.159 e. The van der Waals surface area contributed by atoms with Gasteiger partial charge in [-0.2, -0.15) is 0 Å². The monoisotopic (exact) mass is 241 g/mol. The van der Waals surface area contributed by atoms with Gasteiger partial charge < -0.3 is 0 Å². The molecule has 2 aromatic heterocycles. The zero-order valence-corrected chi connectivity index (χ0v) is 9.59. The summed E-state index contributed by atoms with van der Waals surface area (Å²) in [4.78, 5) is 4.11. The summed E-state index contributed by atoms with van der Waals surface area (Å²) in [6.07, 6.45) is 3.46. The SMILES string of the molecule is Clc1nnc(-c2ccccc2)c2cnccc12. The van der Waals surface area contributed by atoms with E-state index in [0.717, 1.165) is 22.0 Å². The van der Waals surface area contributed by atoms with Crippen molar-refractivity contribution in [2.45, 2.75) is 0 Å². The fourth-order valence-corrected chi connectivity index (χ4v) is 1.98. The molecule has 0 unspecified atom stereocenters. The molecule has 0 atom stereocenters. The first-order valence-electron chi connectivity index (χ1n) is 5.17. The fraction of sp³-hybridized carbons (Fsp3) is 0. The highest BCUT2D eigenvalue weighted by atomic mass is 35.5. The molecule has 2 heterocycles. The van der Waals surface area contributed by atoms with Crippen molar-refractivity contribution < 1.29 is 0 Å². The van der Waals surface area contributed by atoms with Gasteiger partial charge in [0.2, 0.25) is 0 Å². The lowest BCUT2D eigenvalue weighted by Gasteiger charge is -2.05. The number of pyridine rings is 1. The Morgan fingerprint density at radius 2 is 1.71 bits per heavy atom. The Morgan fingerprint density at radius 1 is 0.882 bits per heavy atom. The minimum absolute atomic E-state index is 0.405. The van der Waals surface area contributed by atoms with E-state index in [9.17, 15) is 0 Å². The van der Waals surface area contributed by atoms with E-state index in [1.54, 1.807) is 12.4 Å². The molecule has 0 N–H and O–H groups in total. The minimum atomic E-state index is 0.405. The van der Waals surface area contributed by atoms with Crippen LogP contribution in [0.25, 0.3) is 22.0 Å². The van der Waals surface area contributed by atoms with Crippen LogP contribution in [0.3, 0.4) is 0 Å². The lowest BCUT2D eigenvalue weighted by Crippen LogP contribution is -1.91. The number of aromatic nitrogens is 3. The zero-order valence-electron chi connectivity index (χ0n) is 8.84. The molecule has 0 amide bonds. The second-order valence-electron chi connectivity index (χ2n) is 3.63. The van der Waals surface area contributed by atoms with Crippen LogP contribution in [0.1, 0.15) is 0 Å². The van der Waals surface area contributed by atoms with Crippen molar-refractivity contribution in [2.24, 2.45) is 0 Å². The van der Waals surface area contributed by atoms with Crippen molar-refractivity contribution in [3.63, 3.8) is 0 Å². The maximum atomic E-state index is 6.02. The van der Waals surface area contributed by atoms with E-state index >= 15 is 0 Å². The summed E-state index contributed by atoms with van der Waals surface area (Å²) in [5.74, 6) is 0. The van der Waals surface area contributed by atoms with Crippen LogP contribution in [0.2, 0.25) is 5.15 Å². The van der Waals surface area contributed by atoms with Crippen LogP contribution in [-0.2, 0) is 0 Å². The predicted octanol–water partition coefficient (Wildman–Crippen LogP) is 3.35. The number of benzene rings is 1. The van der Waals surface area contributed by atoms with Crippen LogP contribution in [0, 0.1) is 0 Å². The molecule has 3 aromatic rings. The van der Waals surface area contributed by atoms with Crippen molar-refractivity contribution in [2.75, 3.05) is 0 Å². The molecule has 0 aliphatic carbocycles. The molecule has 0 spiro atoms. The Kier molecular flexibility index (Phi) is 2.46. The Hall–Kier alpha value is -2.00. The third-order valence-corrected chi connectivity index (χ3v) is 2.86. The second-order valence-corrected chi connectivity index (χ2v) is 3.98. The first-order chi connectivity index (χ1) is 8.36. The zero-order chi connectivity index (χ0) is 11.7. The highest BCUT2D eigenvalue weighted by Gasteiger charge is 2.08. The van der Waals surface area contributed by atoms with Crippen LogP contribution in [0.5, 0.6) is 0 Å². The minimum Gasteiger partial charge on any atom is -0.264 e. The van der Waals surface area contributed by atoms with Crippen LogP contribution < -0.4 is 0 Å². The summed E-state index contributed by atoms with van der Waals surface area (Å²) in [5.41, 5.74) is 1.81. The van der Waals surface area contributed by atoms with Gasteiger partial charge in [0.05, 0.1) is 0 Å². The highest BCUT2D eigenvalue weighted by Crippen LogP contribution is 2.28. The van der Waals surface area contributed by atoms with Crippen molar-refractivity contribution >= 4 is 22.4 Å². The number of nitrogens with zero attached hydrogens (tertiary/aromatic N) is 3. The van der Waals surface area contributed by atoms with Crippen molar-refractivity contribution in [3.8, 4) is 11.3 Å². The van der Waals surface area contributed by atoms with Gasteiger partial charge in [-0.25, -0.2) is 0 Å². The molecular formula is C13H8ClN3. The van der Waals surface area contributed by atoms with Crippen molar-refractivity contribution in [3.05, 3.63) is 53.9 Å². The number of hydrogen-bond donors (Lipinski definition) is 0. The molecule has 4 heteroatoms. The summed E-state index contributed by atoms with van der Waals surface area (Å²) in [5, 5.41) is 10.3. The number of fused-ring (bicyclic) bond motifs is 1. The van der Waals surface area contributed by atoms with Gasteiger partial charge in [-0.3, -0.25) is 4.98 Å². The number of rotatable bonds is 1. The van der Waals surface area contributed by atoms with E-state index in [1.807, 2.05) is 36.4 Å². The third kappa shape index (κ3) is 1.74. The first kappa shape index (κ1) is 10.2. The van der Waals surface area contributed by atoms with E-state index in [-0.39, 0.29) is 0 Å². The average molecular weight is 242 g/mol. The Bertz CT molecular complexity index is 668. The molecule has 0 aliphatic rings. The standard InChI is InChI=1S/C13H8ClN3/c14-13-10-6-7-15-8-11(10)12(16-17-13)9-4-2-1-3-5-9/h1-8H. The second kappa shape index (κ2) is 4.11. The van der Waals surface area contributed by atoms with Gasteiger partial charge in [0.25, 0.3) is 0 Å². The Labute approximate surface area is 103 Å². The van der Waals surface area contributed by atoms with E-state index in [1.165, 1.54) is 0 Å². The summed E-state index contributed by atoms with van der Waals surface area (Å²) >= 11 is 6.02. The van der Waals surface area contributed by atoms with E-state index in [0.29, 0.717) is 5.15 Å². The molecule has 1 aromatic carbocycles. The predicted molar refractivity (Wildman–Crippen MR) is 67.8 cm³/mol. The normalized spacial score (nSPS) is 10.6. The summed E-state index contributed by atoms with van der Waals surface area (Å²) in [7, 11) is 0. The van der Waals surface area contributed by atoms with E-state index in [2.05, 4.69) is 15.2 Å². The van der Waals surface area contributed by atoms with Gasteiger partial charge in [0, 0.05) is 28.7 Å². The number of hydrogen-bond acceptors (Lipinski definition) is 3. The smallest absolute Gasteiger partial charge is 0.159 e. The van der Waals surface area contributed by atoms with Gasteiger partial charge in [-0.05, 0) is 6.07 Å². The average Bonchev–Trinajstić information content (AvgIpc) is 2.41. The molecule has 3 rings (SSSR count). The molecule has 0 saturated carbocycles. The van der Waals surface area contributed by atoms with Crippen molar-refractivity contribution in [1.82, 2.24) is 15.2 Å². The largest absolute Gasteiger partial charge is 0.264 e.